The molecule has 0 fully saturated rings. The average Bonchev–Trinajstić information content (AvgIpc) is 3.08. The van der Waals surface area contributed by atoms with E-state index in [0.717, 1.165) is 33.0 Å². The van der Waals surface area contributed by atoms with Crippen molar-refractivity contribution in [1.82, 2.24) is 15.0 Å². The second kappa shape index (κ2) is 10.1. The summed E-state index contributed by atoms with van der Waals surface area (Å²) >= 11 is 0. The van der Waals surface area contributed by atoms with Gasteiger partial charge in [0.15, 0.2) is 17.5 Å². The Bertz CT molecular complexity index is 2180. The predicted molar refractivity (Wildman–Crippen MR) is 174 cm³/mol. The summed E-state index contributed by atoms with van der Waals surface area (Å²) in [7, 11) is 0. The molecule has 8 rings (SSSR count). The molecule has 0 aliphatic heterocycles. The molecule has 7 aromatic carbocycles. The van der Waals surface area contributed by atoms with Crippen LogP contribution < -0.4 is 0 Å². The summed E-state index contributed by atoms with van der Waals surface area (Å²) < 4.78 is 0. The molecule has 196 valence electrons. The van der Waals surface area contributed by atoms with Crippen molar-refractivity contribution >= 4 is 32.3 Å². The van der Waals surface area contributed by atoms with Crippen LogP contribution >= 0.6 is 0 Å². The molecule has 0 aliphatic rings. The van der Waals surface area contributed by atoms with Gasteiger partial charge < -0.3 is 0 Å². The molecule has 0 bridgehead atoms. The van der Waals surface area contributed by atoms with Gasteiger partial charge in [-0.3, -0.25) is 0 Å². The molecule has 0 saturated carbocycles. The summed E-state index contributed by atoms with van der Waals surface area (Å²) in [5.74, 6) is 1.97. The average molecular weight is 536 g/mol. The standard InChI is InChI=1S/C39H25N3/c1-3-13-26(14-4-1)37-40-38(27-15-5-2-6-16-27)42-39(41-37)36-25-30(23-28-17-7-10-20-32(28)36)35-24-29-18-8-9-19-31(29)33-21-11-12-22-34(33)35/h1-25H. The summed E-state index contributed by atoms with van der Waals surface area (Å²) in [4.78, 5) is 15.1. The van der Waals surface area contributed by atoms with Gasteiger partial charge in [-0.1, -0.05) is 133 Å². The highest BCUT2D eigenvalue weighted by atomic mass is 15.0. The van der Waals surface area contributed by atoms with Gasteiger partial charge in [0.25, 0.3) is 0 Å². The van der Waals surface area contributed by atoms with E-state index in [1.807, 2.05) is 60.7 Å². The molecule has 0 atom stereocenters. The highest BCUT2D eigenvalue weighted by Gasteiger charge is 2.17. The van der Waals surface area contributed by atoms with E-state index in [0.29, 0.717) is 17.5 Å². The fraction of sp³-hybridized carbons (Fsp3) is 0. The molecule has 8 aromatic rings. The molecule has 0 unspecified atom stereocenters. The van der Waals surface area contributed by atoms with Crippen LogP contribution in [0.1, 0.15) is 0 Å². The lowest BCUT2D eigenvalue weighted by Gasteiger charge is -2.15. The summed E-state index contributed by atoms with van der Waals surface area (Å²) in [5, 5.41) is 7.20. The first kappa shape index (κ1) is 24.2. The van der Waals surface area contributed by atoms with Gasteiger partial charge in [-0.2, -0.15) is 0 Å². The molecule has 1 aromatic heterocycles. The number of hydrogen-bond acceptors (Lipinski definition) is 3. The number of nitrogens with zero attached hydrogens (tertiary/aromatic N) is 3. The monoisotopic (exact) mass is 535 g/mol. The Morgan fingerprint density at radius 2 is 0.762 bits per heavy atom. The smallest absolute Gasteiger partial charge is 0.164 e. The van der Waals surface area contributed by atoms with Crippen LogP contribution in [0.4, 0.5) is 0 Å². The zero-order valence-corrected chi connectivity index (χ0v) is 22.8. The zero-order valence-electron chi connectivity index (χ0n) is 22.8. The molecule has 3 nitrogen and oxygen atoms in total. The minimum atomic E-state index is 0.657. The van der Waals surface area contributed by atoms with Crippen molar-refractivity contribution < 1.29 is 0 Å². The topological polar surface area (TPSA) is 38.7 Å². The van der Waals surface area contributed by atoms with Crippen LogP contribution in [-0.4, -0.2) is 15.0 Å². The van der Waals surface area contributed by atoms with Gasteiger partial charge in [0, 0.05) is 16.7 Å². The third kappa shape index (κ3) is 4.20. The van der Waals surface area contributed by atoms with E-state index in [1.54, 1.807) is 0 Å². The molecular weight excluding hydrogens is 510 g/mol. The van der Waals surface area contributed by atoms with Gasteiger partial charge in [0.2, 0.25) is 0 Å². The SMILES string of the molecule is c1ccc(-c2nc(-c3ccccc3)nc(-c3cc(-c4cc5ccccc5c5ccccc45)cc4ccccc34)n2)cc1. The summed E-state index contributed by atoms with van der Waals surface area (Å²) in [6.07, 6.45) is 0. The second-order valence-corrected chi connectivity index (χ2v) is 10.5. The molecule has 0 spiro atoms. The van der Waals surface area contributed by atoms with Crippen LogP contribution in [0.15, 0.2) is 152 Å². The van der Waals surface area contributed by atoms with Crippen molar-refractivity contribution in [2.75, 3.05) is 0 Å². The largest absolute Gasteiger partial charge is 0.208 e. The Balaban J connectivity index is 1.42. The summed E-state index contributed by atoms with van der Waals surface area (Å²) in [5.41, 5.74) is 5.22. The van der Waals surface area contributed by atoms with Crippen LogP contribution in [0.3, 0.4) is 0 Å². The van der Waals surface area contributed by atoms with Gasteiger partial charge in [-0.05, 0) is 61.6 Å². The van der Waals surface area contributed by atoms with Crippen molar-refractivity contribution in [3.8, 4) is 45.3 Å². The van der Waals surface area contributed by atoms with E-state index in [-0.39, 0.29) is 0 Å². The molecular formula is C39H25N3. The maximum Gasteiger partial charge on any atom is 0.164 e. The zero-order chi connectivity index (χ0) is 27.9. The minimum absolute atomic E-state index is 0.657. The van der Waals surface area contributed by atoms with Crippen LogP contribution in [-0.2, 0) is 0 Å². The predicted octanol–water partition coefficient (Wildman–Crippen LogP) is 10.00. The highest BCUT2D eigenvalue weighted by Crippen LogP contribution is 2.39. The lowest BCUT2D eigenvalue weighted by Crippen LogP contribution is -2.00. The van der Waals surface area contributed by atoms with Gasteiger partial charge >= 0.3 is 0 Å². The summed E-state index contributed by atoms with van der Waals surface area (Å²) in [6, 6.07) is 52.9. The van der Waals surface area contributed by atoms with Crippen molar-refractivity contribution in [1.29, 1.82) is 0 Å². The molecule has 0 aliphatic carbocycles. The van der Waals surface area contributed by atoms with Gasteiger partial charge in [-0.15, -0.1) is 0 Å². The van der Waals surface area contributed by atoms with Crippen LogP contribution in [0.25, 0.3) is 77.6 Å². The second-order valence-electron chi connectivity index (χ2n) is 10.5. The molecule has 3 heteroatoms. The Labute approximate surface area is 243 Å². The number of fused-ring (bicyclic) bond motifs is 4. The fourth-order valence-electron chi connectivity index (χ4n) is 5.87. The number of rotatable bonds is 4. The first-order valence-corrected chi connectivity index (χ1v) is 14.1. The van der Waals surface area contributed by atoms with E-state index < -0.39 is 0 Å². The third-order valence-corrected chi connectivity index (χ3v) is 7.88. The molecule has 0 amide bonds. The molecule has 1 heterocycles. The van der Waals surface area contributed by atoms with E-state index in [9.17, 15) is 0 Å². The number of hydrogen-bond donors (Lipinski definition) is 0. The maximum atomic E-state index is 5.07. The molecule has 0 saturated heterocycles. The Hall–Kier alpha value is -5.67. The van der Waals surface area contributed by atoms with E-state index in [1.165, 1.54) is 27.1 Å². The fourth-order valence-corrected chi connectivity index (χ4v) is 5.87. The lowest BCUT2D eigenvalue weighted by molar-refractivity contribution is 1.08. The molecule has 0 radical (unpaired) electrons. The van der Waals surface area contributed by atoms with Crippen LogP contribution in [0, 0.1) is 0 Å². The lowest BCUT2D eigenvalue weighted by atomic mass is 9.90. The van der Waals surface area contributed by atoms with E-state index >= 15 is 0 Å². The van der Waals surface area contributed by atoms with Gasteiger partial charge in [0.1, 0.15) is 0 Å². The van der Waals surface area contributed by atoms with Crippen molar-refractivity contribution in [2.24, 2.45) is 0 Å². The highest BCUT2D eigenvalue weighted by molar-refractivity contribution is 6.14. The van der Waals surface area contributed by atoms with E-state index in [2.05, 4.69) is 91.0 Å². The van der Waals surface area contributed by atoms with Gasteiger partial charge in [-0.25, -0.2) is 15.0 Å². The Kier molecular flexibility index (Phi) is 5.79. The van der Waals surface area contributed by atoms with Crippen molar-refractivity contribution in [2.45, 2.75) is 0 Å². The number of benzene rings is 7. The van der Waals surface area contributed by atoms with Crippen molar-refractivity contribution in [3.05, 3.63) is 152 Å². The Morgan fingerprint density at radius 3 is 1.40 bits per heavy atom. The van der Waals surface area contributed by atoms with Crippen LogP contribution in [0.2, 0.25) is 0 Å². The first-order chi connectivity index (χ1) is 20.8. The normalized spacial score (nSPS) is 11.3. The van der Waals surface area contributed by atoms with Crippen molar-refractivity contribution in [3.63, 3.8) is 0 Å². The maximum absolute atomic E-state index is 5.07. The summed E-state index contributed by atoms with van der Waals surface area (Å²) in [6.45, 7) is 0. The number of aromatic nitrogens is 3. The first-order valence-electron chi connectivity index (χ1n) is 14.1. The quantitative estimate of drug-likeness (QED) is 0.211. The third-order valence-electron chi connectivity index (χ3n) is 7.88. The molecule has 42 heavy (non-hydrogen) atoms. The Morgan fingerprint density at radius 1 is 0.286 bits per heavy atom. The van der Waals surface area contributed by atoms with Crippen LogP contribution in [0.5, 0.6) is 0 Å². The van der Waals surface area contributed by atoms with E-state index in [4.69, 9.17) is 15.0 Å². The molecule has 0 N–H and O–H groups in total. The minimum Gasteiger partial charge on any atom is -0.208 e. The van der Waals surface area contributed by atoms with Gasteiger partial charge in [0.05, 0.1) is 0 Å².